The number of aromatic nitrogens is 5. The number of benzene rings is 1. The van der Waals surface area contributed by atoms with E-state index in [0.29, 0.717) is 17.4 Å². The van der Waals surface area contributed by atoms with E-state index in [1.54, 1.807) is 23.9 Å². The summed E-state index contributed by atoms with van der Waals surface area (Å²) < 4.78 is 8.10. The van der Waals surface area contributed by atoms with Gasteiger partial charge in [0.1, 0.15) is 29.3 Å². The maximum absolute atomic E-state index is 6.58. The highest BCUT2D eigenvalue weighted by atomic mass is 35.5. The predicted octanol–water partition coefficient (Wildman–Crippen LogP) is 3.90. The van der Waals surface area contributed by atoms with Crippen molar-refractivity contribution in [1.82, 2.24) is 29.6 Å². The zero-order valence-corrected chi connectivity index (χ0v) is 23.6. The third kappa shape index (κ3) is 5.03. The van der Waals surface area contributed by atoms with Crippen LogP contribution in [-0.2, 0) is 26.0 Å². The minimum Gasteiger partial charge on any atom is -0.486 e. The van der Waals surface area contributed by atoms with Gasteiger partial charge in [0.25, 0.3) is 0 Å². The van der Waals surface area contributed by atoms with Crippen molar-refractivity contribution in [2.75, 3.05) is 38.0 Å². The number of rotatable bonds is 8. The Morgan fingerprint density at radius 1 is 1.05 bits per heavy atom. The van der Waals surface area contributed by atoms with Gasteiger partial charge in [-0.1, -0.05) is 17.7 Å². The SMILES string of the molecule is Clc1cc(Nc2ncnc3sc4c(c23)CCc2c-4cnn2CCN2CC[NH2+]CC2)ccc1OCc1ccccn1. The normalized spacial score (nSPS) is 15.1. The van der Waals surface area contributed by atoms with Crippen LogP contribution in [0.25, 0.3) is 20.7 Å². The van der Waals surface area contributed by atoms with Gasteiger partial charge in [0.2, 0.25) is 0 Å². The van der Waals surface area contributed by atoms with Gasteiger partial charge in [0.15, 0.2) is 0 Å². The first-order valence-corrected chi connectivity index (χ1v) is 14.9. The molecule has 40 heavy (non-hydrogen) atoms. The fourth-order valence-corrected chi connectivity index (χ4v) is 7.03. The molecule has 1 saturated heterocycles. The van der Waals surface area contributed by atoms with Crippen LogP contribution in [0.3, 0.4) is 0 Å². The van der Waals surface area contributed by atoms with Crippen molar-refractivity contribution in [3.63, 3.8) is 0 Å². The van der Waals surface area contributed by atoms with Crippen molar-refractivity contribution in [1.29, 1.82) is 0 Å². The number of hydrogen-bond donors (Lipinski definition) is 2. The molecule has 0 spiro atoms. The van der Waals surface area contributed by atoms with Gasteiger partial charge in [0.05, 0.1) is 41.9 Å². The summed E-state index contributed by atoms with van der Waals surface area (Å²) in [6.45, 7) is 7.04. The Morgan fingerprint density at radius 3 is 2.83 bits per heavy atom. The third-order valence-electron chi connectivity index (χ3n) is 7.62. The molecule has 1 fully saturated rings. The zero-order valence-electron chi connectivity index (χ0n) is 22.0. The number of hydrogen-bond acceptors (Lipinski definition) is 8. The maximum atomic E-state index is 6.58. The lowest BCUT2D eigenvalue weighted by atomic mass is 9.95. The van der Waals surface area contributed by atoms with E-state index >= 15 is 0 Å². The Hall–Kier alpha value is -3.57. The molecule has 204 valence electrons. The second-order valence-corrected chi connectivity index (χ2v) is 11.5. The molecule has 4 aromatic heterocycles. The van der Waals surface area contributed by atoms with Crippen molar-refractivity contribution in [3.05, 3.63) is 77.1 Å². The van der Waals surface area contributed by atoms with E-state index < -0.39 is 0 Å². The molecule has 0 amide bonds. The average Bonchev–Trinajstić information content (AvgIpc) is 3.58. The Balaban J connectivity index is 1.11. The second kappa shape index (κ2) is 11.1. The van der Waals surface area contributed by atoms with Crippen LogP contribution in [0.5, 0.6) is 5.75 Å². The number of thiophene rings is 1. The number of anilines is 2. The summed E-state index contributed by atoms with van der Waals surface area (Å²) in [4.78, 5) is 18.3. The van der Waals surface area contributed by atoms with Gasteiger partial charge < -0.3 is 15.4 Å². The summed E-state index contributed by atoms with van der Waals surface area (Å²) in [5.41, 5.74) is 5.55. The van der Waals surface area contributed by atoms with Gasteiger partial charge in [-0.3, -0.25) is 14.6 Å². The molecule has 0 saturated carbocycles. The van der Waals surface area contributed by atoms with Crippen molar-refractivity contribution >= 4 is 44.7 Å². The highest BCUT2D eigenvalue weighted by molar-refractivity contribution is 7.22. The van der Waals surface area contributed by atoms with Crippen LogP contribution in [0.1, 0.15) is 17.0 Å². The third-order valence-corrected chi connectivity index (χ3v) is 9.08. The van der Waals surface area contributed by atoms with Crippen molar-refractivity contribution in [2.24, 2.45) is 0 Å². The molecule has 9 nitrogen and oxygen atoms in total. The first-order valence-electron chi connectivity index (χ1n) is 13.7. The first-order chi connectivity index (χ1) is 19.7. The average molecular weight is 574 g/mol. The molecule has 5 heterocycles. The first kappa shape index (κ1) is 25.4. The van der Waals surface area contributed by atoms with Gasteiger partial charge in [-0.15, -0.1) is 11.3 Å². The molecule has 1 aliphatic heterocycles. The minimum absolute atomic E-state index is 0.358. The molecule has 5 aromatic rings. The van der Waals surface area contributed by atoms with Crippen molar-refractivity contribution < 1.29 is 10.1 Å². The number of fused-ring (bicyclic) bond motifs is 5. The summed E-state index contributed by atoms with van der Waals surface area (Å²) in [5.74, 6) is 1.40. The predicted molar refractivity (Wildman–Crippen MR) is 157 cm³/mol. The van der Waals surface area contributed by atoms with E-state index in [4.69, 9.17) is 21.4 Å². The smallest absolute Gasteiger partial charge is 0.142 e. The lowest BCUT2D eigenvalue weighted by Crippen LogP contribution is -2.89. The van der Waals surface area contributed by atoms with Gasteiger partial charge in [-0.2, -0.15) is 5.10 Å². The largest absolute Gasteiger partial charge is 0.486 e. The molecule has 0 bridgehead atoms. The number of quaternary nitrogens is 1. The zero-order chi connectivity index (χ0) is 26.9. The number of halogens is 1. The lowest BCUT2D eigenvalue weighted by Gasteiger charge is -2.25. The molecular formula is C29H30ClN8OS+. The summed E-state index contributed by atoms with van der Waals surface area (Å²) >= 11 is 8.30. The molecule has 3 N–H and O–H groups in total. The summed E-state index contributed by atoms with van der Waals surface area (Å²) in [7, 11) is 0. The number of aryl methyl sites for hydroxylation is 1. The van der Waals surface area contributed by atoms with Crippen LogP contribution >= 0.6 is 22.9 Å². The molecule has 11 heteroatoms. The Labute approximate surface area is 241 Å². The summed E-state index contributed by atoms with van der Waals surface area (Å²) in [5, 5.41) is 12.3. The van der Waals surface area contributed by atoms with E-state index in [1.807, 2.05) is 42.6 Å². The fraction of sp³-hybridized carbons (Fsp3) is 0.310. The van der Waals surface area contributed by atoms with Crippen LogP contribution < -0.4 is 15.4 Å². The topological polar surface area (TPSA) is 97.6 Å². The highest BCUT2D eigenvalue weighted by Gasteiger charge is 2.27. The summed E-state index contributed by atoms with van der Waals surface area (Å²) in [6.07, 6.45) is 7.32. The van der Waals surface area contributed by atoms with E-state index in [1.165, 1.54) is 34.8 Å². The number of nitrogens with one attached hydrogen (secondary N) is 1. The monoisotopic (exact) mass is 573 g/mol. The van der Waals surface area contributed by atoms with Crippen LogP contribution in [0.4, 0.5) is 11.5 Å². The Morgan fingerprint density at radius 2 is 1.98 bits per heavy atom. The number of nitrogens with two attached hydrogens (primary N) is 1. The number of ether oxygens (including phenoxy) is 1. The molecule has 0 unspecified atom stereocenters. The van der Waals surface area contributed by atoms with Crippen molar-refractivity contribution in [3.8, 4) is 16.2 Å². The molecule has 0 radical (unpaired) electrons. The van der Waals surface area contributed by atoms with E-state index in [2.05, 4.69) is 35.2 Å². The van der Waals surface area contributed by atoms with E-state index in [-0.39, 0.29) is 0 Å². The van der Waals surface area contributed by atoms with Crippen LogP contribution in [0, 0.1) is 0 Å². The van der Waals surface area contributed by atoms with E-state index in [9.17, 15) is 0 Å². The van der Waals surface area contributed by atoms with Gasteiger partial charge in [-0.05, 0) is 48.7 Å². The quantitative estimate of drug-likeness (QED) is 0.290. The maximum Gasteiger partial charge on any atom is 0.142 e. The number of nitrogens with zero attached hydrogens (tertiary/aromatic N) is 6. The number of pyridine rings is 1. The standard InChI is InChI=1S/C29H29ClN8OS/c30-23-15-19(4-7-25(23)39-17-20-3-1-2-8-32-20)36-28-26-21-5-6-24-22(27(21)40-29(26)34-18-33-28)16-35-38(24)14-13-37-11-9-31-10-12-37/h1-4,7-8,15-16,18,31H,5-6,9-14,17H2,(H,33,34,36)/p+1. The van der Waals surface area contributed by atoms with Crippen LogP contribution in [0.15, 0.2) is 55.1 Å². The summed E-state index contributed by atoms with van der Waals surface area (Å²) in [6, 6.07) is 11.4. The number of piperazine rings is 1. The van der Waals surface area contributed by atoms with Gasteiger partial charge >= 0.3 is 0 Å². The molecular weight excluding hydrogens is 544 g/mol. The second-order valence-electron chi connectivity index (χ2n) is 10.1. The highest BCUT2D eigenvalue weighted by Crippen LogP contribution is 2.45. The van der Waals surface area contributed by atoms with E-state index in [0.717, 1.165) is 66.4 Å². The van der Waals surface area contributed by atoms with Crippen LogP contribution in [0.2, 0.25) is 5.02 Å². The van der Waals surface area contributed by atoms with Gasteiger partial charge in [0, 0.05) is 47.7 Å². The van der Waals surface area contributed by atoms with Crippen molar-refractivity contribution in [2.45, 2.75) is 26.0 Å². The Kier molecular flexibility index (Phi) is 7.07. The Bertz CT molecular complexity index is 1650. The molecule has 2 aliphatic rings. The van der Waals surface area contributed by atoms with Crippen LogP contribution in [-0.4, -0.2) is 62.4 Å². The molecule has 1 aliphatic carbocycles. The lowest BCUT2D eigenvalue weighted by molar-refractivity contribution is -0.663. The molecule has 0 atom stereocenters. The van der Waals surface area contributed by atoms with Gasteiger partial charge in [-0.25, -0.2) is 9.97 Å². The molecule has 7 rings (SSSR count). The molecule has 1 aromatic carbocycles. The fourth-order valence-electron chi connectivity index (χ4n) is 5.57. The minimum atomic E-state index is 0.358.